The number of aryl methyl sites for hydroxylation is 1. The molecule has 0 amide bonds. The van der Waals surface area contributed by atoms with E-state index in [1.807, 2.05) is 24.3 Å². The van der Waals surface area contributed by atoms with E-state index in [0.717, 1.165) is 40.7 Å². The summed E-state index contributed by atoms with van der Waals surface area (Å²) in [6, 6.07) is 9.60. The number of nitrogens with one attached hydrogen (secondary N) is 2. The molecule has 1 aliphatic rings. The van der Waals surface area contributed by atoms with Crippen LogP contribution >= 0.6 is 15.9 Å². The van der Waals surface area contributed by atoms with E-state index in [9.17, 15) is 4.39 Å². The molecule has 5 nitrogen and oxygen atoms in total. The lowest BCUT2D eigenvalue weighted by atomic mass is 10.1. The first kappa shape index (κ1) is 15.6. The van der Waals surface area contributed by atoms with Gasteiger partial charge in [0, 0.05) is 11.1 Å². The summed E-state index contributed by atoms with van der Waals surface area (Å²) in [6.45, 7) is 0. The van der Waals surface area contributed by atoms with Crippen LogP contribution in [0.3, 0.4) is 0 Å². The highest BCUT2D eigenvalue weighted by Crippen LogP contribution is 2.37. The second kappa shape index (κ2) is 5.95. The molecule has 0 aliphatic heterocycles. The number of hydrogen-bond donors (Lipinski definition) is 2. The minimum Gasteiger partial charge on any atom is -0.442 e. The Kier molecular flexibility index (Phi) is 3.56. The number of anilines is 1. The van der Waals surface area contributed by atoms with Gasteiger partial charge < -0.3 is 9.73 Å². The first-order chi connectivity index (χ1) is 12.7. The molecule has 2 aromatic heterocycles. The molecule has 1 unspecified atom stereocenters. The van der Waals surface area contributed by atoms with Crippen LogP contribution in [0.1, 0.15) is 23.6 Å². The highest BCUT2D eigenvalue weighted by atomic mass is 79.9. The van der Waals surface area contributed by atoms with Gasteiger partial charge in [0.15, 0.2) is 12.2 Å². The second-order valence-electron chi connectivity index (χ2n) is 6.40. The number of fused-ring (bicyclic) bond motifs is 2. The third kappa shape index (κ3) is 2.50. The molecule has 0 radical (unpaired) electrons. The maximum absolute atomic E-state index is 14.0. The number of aromatic nitrogens is 3. The molecule has 0 fully saturated rings. The summed E-state index contributed by atoms with van der Waals surface area (Å²) in [5.74, 6) is 0.391. The Balaban J connectivity index is 1.50. The van der Waals surface area contributed by atoms with Crippen LogP contribution in [0.5, 0.6) is 0 Å². The maximum atomic E-state index is 14.0. The Labute approximate surface area is 156 Å². The van der Waals surface area contributed by atoms with Crippen LogP contribution in [-0.2, 0) is 6.42 Å². The van der Waals surface area contributed by atoms with E-state index in [-0.39, 0.29) is 11.9 Å². The van der Waals surface area contributed by atoms with Gasteiger partial charge in [-0.2, -0.15) is 5.10 Å². The molecule has 0 bridgehead atoms. The lowest BCUT2D eigenvalue weighted by molar-refractivity contribution is 0.570. The molecular formula is C19H14BrFN4O. The van der Waals surface area contributed by atoms with E-state index in [1.54, 1.807) is 12.3 Å². The smallest absolute Gasteiger partial charge is 0.181 e. The average molecular weight is 413 g/mol. The summed E-state index contributed by atoms with van der Waals surface area (Å²) in [5, 5.41) is 11.8. The van der Waals surface area contributed by atoms with Crippen molar-refractivity contribution >= 4 is 32.5 Å². The van der Waals surface area contributed by atoms with Crippen LogP contribution in [0.15, 0.2) is 51.8 Å². The van der Waals surface area contributed by atoms with Crippen molar-refractivity contribution in [2.75, 3.05) is 5.32 Å². The van der Waals surface area contributed by atoms with Crippen molar-refractivity contribution in [1.29, 1.82) is 0 Å². The van der Waals surface area contributed by atoms with Gasteiger partial charge in [0.05, 0.1) is 22.2 Å². The molecule has 0 spiro atoms. The summed E-state index contributed by atoms with van der Waals surface area (Å²) in [5.41, 5.74) is 4.81. The van der Waals surface area contributed by atoms with Gasteiger partial charge in [-0.3, -0.25) is 5.10 Å². The molecule has 7 heteroatoms. The van der Waals surface area contributed by atoms with Crippen LogP contribution < -0.4 is 5.32 Å². The fraction of sp³-hybridized carbons (Fsp3) is 0.158. The third-order valence-electron chi connectivity index (χ3n) is 4.83. The summed E-state index contributed by atoms with van der Waals surface area (Å²) < 4.78 is 19.9. The Morgan fingerprint density at radius 3 is 3.04 bits per heavy atom. The normalized spacial score (nSPS) is 16.2. The van der Waals surface area contributed by atoms with Crippen molar-refractivity contribution < 1.29 is 8.81 Å². The lowest BCUT2D eigenvalue weighted by Crippen LogP contribution is -2.07. The van der Waals surface area contributed by atoms with Gasteiger partial charge in [-0.25, -0.2) is 9.37 Å². The van der Waals surface area contributed by atoms with Gasteiger partial charge in [0.1, 0.15) is 11.5 Å². The molecule has 2 N–H and O–H groups in total. The van der Waals surface area contributed by atoms with E-state index < -0.39 is 0 Å². The first-order valence-corrected chi connectivity index (χ1v) is 9.09. The van der Waals surface area contributed by atoms with Crippen molar-refractivity contribution in [3.63, 3.8) is 0 Å². The number of rotatable bonds is 3. The van der Waals surface area contributed by atoms with E-state index >= 15 is 0 Å². The number of H-pyrrole nitrogens is 1. The summed E-state index contributed by atoms with van der Waals surface area (Å²) in [6.07, 6.45) is 4.90. The Morgan fingerprint density at radius 1 is 1.27 bits per heavy atom. The molecule has 0 saturated heterocycles. The first-order valence-electron chi connectivity index (χ1n) is 8.30. The van der Waals surface area contributed by atoms with Gasteiger partial charge in [-0.05, 0) is 70.2 Å². The highest BCUT2D eigenvalue weighted by molar-refractivity contribution is 9.10. The monoisotopic (exact) mass is 412 g/mol. The largest absolute Gasteiger partial charge is 0.442 e. The highest BCUT2D eigenvalue weighted by Gasteiger charge is 2.24. The number of benzene rings is 2. The fourth-order valence-corrected chi connectivity index (χ4v) is 3.97. The SMILES string of the molecule is Fc1cc2c(cc1Br)CCC2Nc1ccc2[nH]nc(-c3cnco3)c2c1. The van der Waals surface area contributed by atoms with Crippen molar-refractivity contribution in [3.05, 3.63) is 64.3 Å². The number of hydrogen-bond acceptors (Lipinski definition) is 4. The van der Waals surface area contributed by atoms with E-state index in [2.05, 4.69) is 36.4 Å². The molecule has 130 valence electrons. The van der Waals surface area contributed by atoms with Crippen LogP contribution in [0.2, 0.25) is 0 Å². The lowest BCUT2D eigenvalue weighted by Gasteiger charge is -2.16. The second-order valence-corrected chi connectivity index (χ2v) is 7.25. The maximum Gasteiger partial charge on any atom is 0.181 e. The van der Waals surface area contributed by atoms with E-state index in [1.165, 1.54) is 12.0 Å². The fourth-order valence-electron chi connectivity index (χ4n) is 3.58. The van der Waals surface area contributed by atoms with Gasteiger partial charge in [0.25, 0.3) is 0 Å². The third-order valence-corrected chi connectivity index (χ3v) is 5.44. The molecule has 4 aromatic rings. The van der Waals surface area contributed by atoms with Crippen molar-refractivity contribution in [2.45, 2.75) is 18.9 Å². The van der Waals surface area contributed by atoms with E-state index in [0.29, 0.717) is 10.2 Å². The molecule has 1 atom stereocenters. The number of aromatic amines is 1. The molecule has 1 aliphatic carbocycles. The molecule has 2 aromatic carbocycles. The van der Waals surface area contributed by atoms with Crippen LogP contribution in [0.4, 0.5) is 10.1 Å². The Hall–Kier alpha value is -2.67. The minimum absolute atomic E-state index is 0.0886. The van der Waals surface area contributed by atoms with Crippen molar-refractivity contribution in [1.82, 2.24) is 15.2 Å². The van der Waals surface area contributed by atoms with E-state index in [4.69, 9.17) is 4.42 Å². The Morgan fingerprint density at radius 2 is 2.19 bits per heavy atom. The van der Waals surface area contributed by atoms with Crippen LogP contribution in [0, 0.1) is 5.82 Å². The Bertz CT molecular complexity index is 1110. The average Bonchev–Trinajstić information content (AvgIpc) is 3.36. The van der Waals surface area contributed by atoms with Crippen LogP contribution in [-0.4, -0.2) is 15.2 Å². The zero-order chi connectivity index (χ0) is 17.7. The number of nitrogens with zero attached hydrogens (tertiary/aromatic N) is 2. The van der Waals surface area contributed by atoms with Crippen LogP contribution in [0.25, 0.3) is 22.4 Å². The molecule has 0 saturated carbocycles. The van der Waals surface area contributed by atoms with Crippen molar-refractivity contribution in [2.24, 2.45) is 0 Å². The summed E-state index contributed by atoms with van der Waals surface area (Å²) in [4.78, 5) is 3.96. The zero-order valence-electron chi connectivity index (χ0n) is 13.6. The minimum atomic E-state index is -0.227. The van der Waals surface area contributed by atoms with Gasteiger partial charge in [-0.15, -0.1) is 0 Å². The predicted octanol–water partition coefficient (Wildman–Crippen LogP) is 5.22. The molecule has 5 rings (SSSR count). The molecular weight excluding hydrogens is 399 g/mol. The topological polar surface area (TPSA) is 66.7 Å². The number of oxazole rings is 1. The van der Waals surface area contributed by atoms with Crippen molar-refractivity contribution in [3.8, 4) is 11.5 Å². The zero-order valence-corrected chi connectivity index (χ0v) is 15.2. The molecule has 26 heavy (non-hydrogen) atoms. The standard InChI is InChI=1S/C19H14BrFN4O/c20-14-5-10-1-3-16(12(10)7-15(14)21)23-11-2-4-17-13(6-11)19(25-24-17)18-8-22-9-26-18/h2,4-9,16,23H,1,3H2,(H,24,25). The summed E-state index contributed by atoms with van der Waals surface area (Å²) >= 11 is 3.27. The predicted molar refractivity (Wildman–Crippen MR) is 100 cm³/mol. The van der Waals surface area contributed by atoms with Gasteiger partial charge in [-0.1, -0.05) is 0 Å². The van der Waals surface area contributed by atoms with Gasteiger partial charge in [0.2, 0.25) is 0 Å². The summed E-state index contributed by atoms with van der Waals surface area (Å²) in [7, 11) is 0. The van der Waals surface area contributed by atoms with Gasteiger partial charge >= 0.3 is 0 Å². The quantitative estimate of drug-likeness (QED) is 0.484. The number of halogens is 2. The molecule has 2 heterocycles.